The number of rotatable bonds is 5. The van der Waals surface area contributed by atoms with E-state index < -0.39 is 29.4 Å². The van der Waals surface area contributed by atoms with Gasteiger partial charge in [0.25, 0.3) is 5.56 Å². The summed E-state index contributed by atoms with van der Waals surface area (Å²) in [5.74, 6) is 3.29. The molecule has 15 heteroatoms. The SMILES string of the molecule is CC#CCn1c(N2CCNCC2)nc2c1c(=O)n(Cc1cccc(C(=O)OC)c1)c(=O)n2C.O=C(O)C(F)(F)F. The summed E-state index contributed by atoms with van der Waals surface area (Å²) in [6, 6.07) is 6.69. The van der Waals surface area contributed by atoms with Gasteiger partial charge in [0.05, 0.1) is 25.8 Å². The lowest BCUT2D eigenvalue weighted by Gasteiger charge is -2.28. The van der Waals surface area contributed by atoms with Gasteiger partial charge in [-0.2, -0.15) is 18.2 Å². The van der Waals surface area contributed by atoms with E-state index in [9.17, 15) is 27.6 Å². The summed E-state index contributed by atoms with van der Waals surface area (Å²) in [6.07, 6.45) is -5.08. The van der Waals surface area contributed by atoms with Crippen LogP contribution in [0.3, 0.4) is 0 Å². The Morgan fingerprint density at radius 2 is 1.82 bits per heavy atom. The lowest BCUT2D eigenvalue weighted by atomic mass is 10.1. The number of piperazine rings is 1. The predicted molar refractivity (Wildman–Crippen MR) is 138 cm³/mol. The first-order valence-corrected chi connectivity index (χ1v) is 11.9. The Balaban J connectivity index is 0.000000559. The number of aliphatic carboxylic acids is 1. The van der Waals surface area contributed by atoms with Crippen LogP contribution in [0.5, 0.6) is 0 Å². The molecule has 1 fully saturated rings. The van der Waals surface area contributed by atoms with E-state index >= 15 is 0 Å². The molecule has 2 N–H and O–H groups in total. The highest BCUT2D eigenvalue weighted by Gasteiger charge is 2.38. The van der Waals surface area contributed by atoms with E-state index in [2.05, 4.69) is 27.0 Å². The van der Waals surface area contributed by atoms with Gasteiger partial charge in [0.15, 0.2) is 11.2 Å². The highest BCUT2D eigenvalue weighted by Crippen LogP contribution is 2.20. The molecule has 214 valence electrons. The number of halogens is 3. The molecule has 0 spiro atoms. The zero-order chi connectivity index (χ0) is 29.6. The Kier molecular flexibility index (Phi) is 9.38. The van der Waals surface area contributed by atoms with Gasteiger partial charge in [0.1, 0.15) is 0 Å². The van der Waals surface area contributed by atoms with Crippen LogP contribution in [-0.2, 0) is 29.7 Å². The predicted octanol–water partition coefficient (Wildman–Crippen LogP) is 0.798. The fourth-order valence-corrected chi connectivity index (χ4v) is 4.01. The number of aromatic nitrogens is 4. The zero-order valence-electron chi connectivity index (χ0n) is 21.9. The van der Waals surface area contributed by atoms with Crippen molar-refractivity contribution in [1.82, 2.24) is 24.0 Å². The summed E-state index contributed by atoms with van der Waals surface area (Å²) in [5.41, 5.74) is 0.731. The molecule has 0 bridgehead atoms. The third-order valence-corrected chi connectivity index (χ3v) is 5.96. The smallest absolute Gasteiger partial charge is 0.475 e. The van der Waals surface area contributed by atoms with Gasteiger partial charge in [-0.15, -0.1) is 5.92 Å². The molecular weight excluding hydrogens is 537 g/mol. The number of carboxylic acids is 1. The van der Waals surface area contributed by atoms with Crippen molar-refractivity contribution in [3.63, 3.8) is 0 Å². The van der Waals surface area contributed by atoms with Crippen molar-refractivity contribution in [3.05, 3.63) is 56.2 Å². The molecule has 1 saturated heterocycles. The molecule has 12 nitrogen and oxygen atoms in total. The molecule has 0 aliphatic carbocycles. The second-order valence-electron chi connectivity index (χ2n) is 8.56. The number of aryl methyl sites for hydroxylation is 1. The van der Waals surface area contributed by atoms with Gasteiger partial charge in [-0.05, 0) is 24.6 Å². The van der Waals surface area contributed by atoms with E-state index in [-0.39, 0.29) is 13.1 Å². The van der Waals surface area contributed by atoms with Crippen LogP contribution in [0.1, 0.15) is 22.8 Å². The number of hydrogen-bond acceptors (Lipinski definition) is 8. The molecule has 2 aromatic heterocycles. The number of nitrogens with one attached hydrogen (secondary N) is 1. The molecule has 4 rings (SSSR count). The highest BCUT2D eigenvalue weighted by molar-refractivity contribution is 5.89. The number of carbonyl (C=O) groups is 2. The third-order valence-electron chi connectivity index (χ3n) is 5.96. The number of imidazole rings is 1. The largest absolute Gasteiger partial charge is 0.490 e. The standard InChI is InChI=1S/C23H26N6O4.C2HF3O2/c1-4-5-11-28-18-19(25-22(28)27-12-9-24-10-13-27)26(2)23(32)29(20(18)30)15-16-7-6-8-17(14-16)21(31)33-3;3-2(4,5)1(6)7/h6-8,14,24H,9-13,15H2,1-3H3;(H,6,7). The maximum atomic E-state index is 13.6. The van der Waals surface area contributed by atoms with E-state index in [1.54, 1.807) is 42.8 Å². The van der Waals surface area contributed by atoms with Crippen LogP contribution in [0.25, 0.3) is 11.2 Å². The molecule has 40 heavy (non-hydrogen) atoms. The Labute approximate surface area is 225 Å². The number of alkyl halides is 3. The average molecular weight is 565 g/mol. The van der Waals surface area contributed by atoms with Gasteiger partial charge < -0.3 is 20.1 Å². The van der Waals surface area contributed by atoms with Gasteiger partial charge in [-0.25, -0.2) is 14.4 Å². The number of carboxylic acid groups (broad SMARTS) is 1. The molecule has 0 radical (unpaired) electrons. The number of hydrogen-bond donors (Lipinski definition) is 2. The zero-order valence-corrected chi connectivity index (χ0v) is 21.9. The van der Waals surface area contributed by atoms with Crippen molar-refractivity contribution in [1.29, 1.82) is 0 Å². The van der Waals surface area contributed by atoms with Crippen LogP contribution in [0.15, 0.2) is 33.9 Å². The van der Waals surface area contributed by atoms with E-state index in [0.29, 0.717) is 28.2 Å². The van der Waals surface area contributed by atoms with Crippen molar-refractivity contribution in [2.75, 3.05) is 38.2 Å². The molecule has 3 aromatic rings. The van der Waals surface area contributed by atoms with Crippen LogP contribution in [0, 0.1) is 11.8 Å². The maximum Gasteiger partial charge on any atom is 0.490 e. The molecule has 0 unspecified atom stereocenters. The summed E-state index contributed by atoms with van der Waals surface area (Å²) in [7, 11) is 2.91. The number of anilines is 1. The van der Waals surface area contributed by atoms with Crippen LogP contribution in [0.2, 0.25) is 0 Å². The number of methoxy groups -OCH3 is 1. The van der Waals surface area contributed by atoms with Crippen molar-refractivity contribution in [2.45, 2.75) is 26.2 Å². The first-order chi connectivity index (χ1) is 18.9. The van der Waals surface area contributed by atoms with E-state index in [1.165, 1.54) is 11.7 Å². The number of nitrogens with zero attached hydrogens (tertiary/aromatic N) is 5. The molecule has 1 aliphatic heterocycles. The molecule has 3 heterocycles. The molecule has 0 amide bonds. The van der Waals surface area contributed by atoms with Crippen molar-refractivity contribution >= 4 is 29.1 Å². The quantitative estimate of drug-likeness (QED) is 0.340. The molecule has 0 atom stereocenters. The summed E-state index contributed by atoms with van der Waals surface area (Å²) in [6.45, 7) is 5.14. The van der Waals surface area contributed by atoms with Crippen LogP contribution in [-0.4, -0.2) is 75.2 Å². The van der Waals surface area contributed by atoms with Crippen LogP contribution in [0.4, 0.5) is 19.1 Å². The Morgan fingerprint density at radius 1 is 1.18 bits per heavy atom. The van der Waals surface area contributed by atoms with Gasteiger partial charge in [0.2, 0.25) is 5.95 Å². The Hall–Kier alpha value is -4.58. The van der Waals surface area contributed by atoms with Gasteiger partial charge in [-0.3, -0.25) is 18.5 Å². The minimum Gasteiger partial charge on any atom is -0.475 e. The van der Waals surface area contributed by atoms with Gasteiger partial charge in [0, 0.05) is 33.2 Å². The third kappa shape index (κ3) is 6.52. The molecule has 0 saturated carbocycles. The van der Waals surface area contributed by atoms with Crippen LogP contribution < -0.4 is 21.5 Å². The minimum absolute atomic E-state index is 0.0138. The van der Waals surface area contributed by atoms with Crippen molar-refractivity contribution in [2.24, 2.45) is 7.05 Å². The second kappa shape index (κ2) is 12.5. The summed E-state index contributed by atoms with van der Waals surface area (Å²) >= 11 is 0. The average Bonchev–Trinajstić information content (AvgIpc) is 3.32. The minimum atomic E-state index is -5.08. The van der Waals surface area contributed by atoms with Crippen molar-refractivity contribution in [3.8, 4) is 11.8 Å². The fraction of sp³-hybridized carbons (Fsp3) is 0.400. The van der Waals surface area contributed by atoms with Gasteiger partial charge in [-0.1, -0.05) is 18.1 Å². The number of fused-ring (bicyclic) bond motifs is 1. The maximum absolute atomic E-state index is 13.6. The van der Waals surface area contributed by atoms with Crippen LogP contribution >= 0.6 is 0 Å². The lowest BCUT2D eigenvalue weighted by molar-refractivity contribution is -0.192. The number of benzene rings is 1. The van der Waals surface area contributed by atoms with Crippen molar-refractivity contribution < 1.29 is 32.6 Å². The molecule has 1 aliphatic rings. The Morgan fingerprint density at radius 3 is 2.40 bits per heavy atom. The second-order valence-corrected chi connectivity index (χ2v) is 8.56. The summed E-state index contributed by atoms with van der Waals surface area (Å²) in [5, 5.41) is 10.4. The monoisotopic (exact) mass is 564 g/mol. The lowest BCUT2D eigenvalue weighted by Crippen LogP contribution is -2.44. The van der Waals surface area contributed by atoms with E-state index in [1.807, 2.05) is 0 Å². The summed E-state index contributed by atoms with van der Waals surface area (Å²) in [4.78, 5) is 54.3. The number of ether oxygens (including phenoxy) is 1. The summed E-state index contributed by atoms with van der Waals surface area (Å²) < 4.78 is 40.9. The van der Waals surface area contributed by atoms with Gasteiger partial charge >= 0.3 is 23.8 Å². The van der Waals surface area contributed by atoms with E-state index in [0.717, 1.165) is 30.7 Å². The highest BCUT2D eigenvalue weighted by atomic mass is 19.4. The topological polar surface area (TPSA) is 141 Å². The fourth-order valence-electron chi connectivity index (χ4n) is 4.01. The van der Waals surface area contributed by atoms with E-state index in [4.69, 9.17) is 14.6 Å². The first-order valence-electron chi connectivity index (χ1n) is 11.9. The molecular formula is C25H27F3N6O6. The molecule has 1 aromatic carbocycles. The normalized spacial score (nSPS) is 13.2. The first kappa shape index (κ1) is 30.0. The number of esters is 1. The number of carbonyl (C=O) groups excluding carboxylic acids is 1. The Bertz CT molecular complexity index is 1590.